The van der Waals surface area contributed by atoms with E-state index in [1.165, 1.54) is 18.4 Å². The molecule has 3 heteroatoms. The lowest BCUT2D eigenvalue weighted by Crippen LogP contribution is -2.24. The van der Waals surface area contributed by atoms with Gasteiger partial charge in [-0.1, -0.05) is 25.5 Å². The van der Waals surface area contributed by atoms with Crippen LogP contribution >= 0.6 is 0 Å². The summed E-state index contributed by atoms with van der Waals surface area (Å²) in [4.78, 5) is 11.8. The van der Waals surface area contributed by atoms with Crippen molar-refractivity contribution in [2.45, 2.75) is 39.0 Å². The van der Waals surface area contributed by atoms with Crippen molar-refractivity contribution in [1.29, 1.82) is 0 Å². The number of benzene rings is 1. The third-order valence-corrected chi connectivity index (χ3v) is 2.91. The molecule has 0 atom stereocenters. The number of unbranched alkanes of at least 4 members (excludes halogenated alkanes) is 2. The fraction of sp³-hybridized carbons (Fsp3) is 0.533. The molecule has 0 aliphatic rings. The molecule has 0 aliphatic carbocycles. The van der Waals surface area contributed by atoms with E-state index < -0.39 is 0 Å². The third kappa shape index (κ3) is 5.32. The summed E-state index contributed by atoms with van der Waals surface area (Å²) < 4.78 is 0. The number of carbonyl (C=O) groups excluding carboxylic acids is 1. The molecule has 1 aromatic carbocycles. The molecule has 0 saturated heterocycles. The first kappa shape index (κ1) is 14.7. The Bertz CT molecular complexity index is 346. The minimum atomic E-state index is -0.0324. The maximum Gasteiger partial charge on any atom is 0.251 e. The van der Waals surface area contributed by atoms with Gasteiger partial charge in [0.15, 0.2) is 0 Å². The van der Waals surface area contributed by atoms with Crippen LogP contribution in [0.1, 0.15) is 48.5 Å². The molecule has 0 fully saturated rings. The molecule has 0 unspecified atom stereocenters. The number of carbonyl (C=O) groups is 1. The number of hydrogen-bond donors (Lipinski definition) is 2. The Labute approximate surface area is 109 Å². The minimum Gasteiger partial charge on any atom is -0.396 e. The van der Waals surface area contributed by atoms with Crippen molar-refractivity contribution in [3.8, 4) is 0 Å². The molecule has 1 amide bonds. The zero-order valence-electron chi connectivity index (χ0n) is 11.1. The van der Waals surface area contributed by atoms with Crippen LogP contribution in [-0.2, 0) is 6.42 Å². The van der Waals surface area contributed by atoms with Crippen molar-refractivity contribution in [3.63, 3.8) is 0 Å². The summed E-state index contributed by atoms with van der Waals surface area (Å²) in [5.74, 6) is -0.0324. The first-order valence-corrected chi connectivity index (χ1v) is 6.76. The Kier molecular flexibility index (Phi) is 7.11. The second-order valence-corrected chi connectivity index (χ2v) is 4.49. The van der Waals surface area contributed by atoms with Crippen LogP contribution in [0, 0.1) is 0 Å². The van der Waals surface area contributed by atoms with E-state index in [0.717, 1.165) is 19.3 Å². The van der Waals surface area contributed by atoms with Gasteiger partial charge in [-0.15, -0.1) is 0 Å². The maximum atomic E-state index is 11.8. The quantitative estimate of drug-likeness (QED) is 0.696. The summed E-state index contributed by atoms with van der Waals surface area (Å²) >= 11 is 0. The van der Waals surface area contributed by atoms with E-state index >= 15 is 0 Å². The first-order chi connectivity index (χ1) is 8.77. The normalized spacial score (nSPS) is 10.3. The molecular weight excluding hydrogens is 226 g/mol. The number of rotatable bonds is 8. The van der Waals surface area contributed by atoms with Crippen LogP contribution in [0.5, 0.6) is 0 Å². The summed E-state index contributed by atoms with van der Waals surface area (Å²) in [6.07, 6.45) is 5.00. The molecule has 0 aliphatic heterocycles. The van der Waals surface area contributed by atoms with Gasteiger partial charge < -0.3 is 10.4 Å². The molecule has 0 heterocycles. The van der Waals surface area contributed by atoms with Gasteiger partial charge >= 0.3 is 0 Å². The Hall–Kier alpha value is -1.35. The molecule has 2 N–H and O–H groups in total. The van der Waals surface area contributed by atoms with E-state index in [-0.39, 0.29) is 12.5 Å². The number of hydrogen-bond acceptors (Lipinski definition) is 2. The van der Waals surface area contributed by atoms with E-state index in [2.05, 4.69) is 12.2 Å². The van der Waals surface area contributed by atoms with Crippen LogP contribution in [0.3, 0.4) is 0 Å². The van der Waals surface area contributed by atoms with Crippen LogP contribution in [0.25, 0.3) is 0 Å². The number of aliphatic hydroxyl groups excluding tert-OH is 1. The molecule has 0 radical (unpaired) electrons. The summed E-state index contributed by atoms with van der Waals surface area (Å²) in [5, 5.41) is 11.5. The molecule has 1 rings (SSSR count). The van der Waals surface area contributed by atoms with Crippen LogP contribution in [0.4, 0.5) is 0 Å². The fourth-order valence-electron chi connectivity index (χ4n) is 1.74. The van der Waals surface area contributed by atoms with Crippen molar-refractivity contribution in [1.82, 2.24) is 5.32 Å². The highest BCUT2D eigenvalue weighted by Crippen LogP contribution is 2.07. The van der Waals surface area contributed by atoms with Gasteiger partial charge in [0.1, 0.15) is 0 Å². The predicted octanol–water partition coefficient (Wildman–Crippen LogP) is 2.53. The summed E-state index contributed by atoms with van der Waals surface area (Å²) in [6, 6.07) is 7.81. The zero-order valence-corrected chi connectivity index (χ0v) is 11.1. The average Bonchev–Trinajstić information content (AvgIpc) is 2.41. The number of aliphatic hydroxyl groups is 1. The third-order valence-electron chi connectivity index (χ3n) is 2.91. The lowest BCUT2D eigenvalue weighted by molar-refractivity contribution is 0.0952. The summed E-state index contributed by atoms with van der Waals surface area (Å²) in [7, 11) is 0. The molecule has 3 nitrogen and oxygen atoms in total. The SMILES string of the molecule is CCCCc1ccc(C(=O)NCCCCO)cc1. The highest BCUT2D eigenvalue weighted by atomic mass is 16.2. The largest absolute Gasteiger partial charge is 0.396 e. The van der Waals surface area contributed by atoms with E-state index in [1.54, 1.807) is 0 Å². The maximum absolute atomic E-state index is 11.8. The Morgan fingerprint density at radius 2 is 1.89 bits per heavy atom. The molecule has 0 aromatic heterocycles. The number of amides is 1. The van der Waals surface area contributed by atoms with Gasteiger partial charge in [0, 0.05) is 18.7 Å². The molecule has 1 aromatic rings. The number of aryl methyl sites for hydroxylation is 1. The van der Waals surface area contributed by atoms with E-state index in [1.807, 2.05) is 24.3 Å². The van der Waals surface area contributed by atoms with E-state index in [4.69, 9.17) is 5.11 Å². The second kappa shape index (κ2) is 8.70. The van der Waals surface area contributed by atoms with Gasteiger partial charge in [-0.2, -0.15) is 0 Å². The second-order valence-electron chi connectivity index (χ2n) is 4.49. The first-order valence-electron chi connectivity index (χ1n) is 6.76. The highest BCUT2D eigenvalue weighted by molar-refractivity contribution is 5.94. The van der Waals surface area contributed by atoms with Crippen molar-refractivity contribution < 1.29 is 9.90 Å². The Morgan fingerprint density at radius 1 is 1.17 bits per heavy atom. The lowest BCUT2D eigenvalue weighted by Gasteiger charge is -2.05. The van der Waals surface area contributed by atoms with Crippen molar-refractivity contribution in [3.05, 3.63) is 35.4 Å². The monoisotopic (exact) mass is 249 g/mol. The summed E-state index contributed by atoms with van der Waals surface area (Å²) in [6.45, 7) is 2.98. The van der Waals surface area contributed by atoms with Crippen molar-refractivity contribution in [2.24, 2.45) is 0 Å². The predicted molar refractivity (Wildman–Crippen MR) is 73.7 cm³/mol. The van der Waals surface area contributed by atoms with E-state index in [9.17, 15) is 4.79 Å². The van der Waals surface area contributed by atoms with Gasteiger partial charge in [0.2, 0.25) is 0 Å². The molecule has 0 bridgehead atoms. The van der Waals surface area contributed by atoms with Gasteiger partial charge in [-0.25, -0.2) is 0 Å². The molecule has 0 spiro atoms. The smallest absolute Gasteiger partial charge is 0.251 e. The van der Waals surface area contributed by atoms with Crippen LogP contribution in [0.2, 0.25) is 0 Å². The fourth-order valence-corrected chi connectivity index (χ4v) is 1.74. The van der Waals surface area contributed by atoms with Crippen LogP contribution in [0.15, 0.2) is 24.3 Å². The Balaban J connectivity index is 2.38. The molecule has 100 valence electrons. The van der Waals surface area contributed by atoms with Crippen LogP contribution in [-0.4, -0.2) is 24.2 Å². The zero-order chi connectivity index (χ0) is 13.2. The Morgan fingerprint density at radius 3 is 2.50 bits per heavy atom. The molecule has 0 saturated carbocycles. The highest BCUT2D eigenvalue weighted by Gasteiger charge is 2.04. The molecular formula is C15H23NO2. The molecule has 18 heavy (non-hydrogen) atoms. The van der Waals surface area contributed by atoms with Gasteiger partial charge in [0.25, 0.3) is 5.91 Å². The van der Waals surface area contributed by atoms with Crippen molar-refractivity contribution >= 4 is 5.91 Å². The van der Waals surface area contributed by atoms with Gasteiger partial charge in [-0.05, 0) is 43.4 Å². The van der Waals surface area contributed by atoms with Gasteiger partial charge in [0.05, 0.1) is 0 Å². The van der Waals surface area contributed by atoms with E-state index in [0.29, 0.717) is 12.1 Å². The van der Waals surface area contributed by atoms with Crippen molar-refractivity contribution in [2.75, 3.05) is 13.2 Å². The standard InChI is InChI=1S/C15H23NO2/c1-2-3-6-13-7-9-14(10-8-13)15(18)16-11-4-5-12-17/h7-10,17H,2-6,11-12H2,1H3,(H,16,18). The van der Waals surface area contributed by atoms with Crippen LogP contribution < -0.4 is 5.32 Å². The average molecular weight is 249 g/mol. The lowest BCUT2D eigenvalue weighted by atomic mass is 10.1. The number of nitrogens with one attached hydrogen (secondary N) is 1. The minimum absolute atomic E-state index is 0.0324. The summed E-state index contributed by atoms with van der Waals surface area (Å²) in [5.41, 5.74) is 1.99. The van der Waals surface area contributed by atoms with Gasteiger partial charge in [-0.3, -0.25) is 4.79 Å². The topological polar surface area (TPSA) is 49.3 Å².